The minimum Gasteiger partial charge on any atom is -0.484 e. The number of rotatable bonds is 7. The molecule has 0 aliphatic carbocycles. The van der Waals surface area contributed by atoms with Crippen LogP contribution in [0.2, 0.25) is 0 Å². The summed E-state index contributed by atoms with van der Waals surface area (Å²) in [5.41, 5.74) is -1.24. The standard InChI is InChI=1S/C23H18F3N3O4S/c1-2-34(30,31)19-12-15(17-10-6-7-11-18(17)23(24,25)26)13-27-21(19)22-29-28-20(33-22)14-32-16-8-4-3-5-9-16/h3-13H,2,14H2,1H3. The Morgan fingerprint density at radius 2 is 1.71 bits per heavy atom. The molecule has 0 unspecified atom stereocenters. The van der Waals surface area contributed by atoms with Gasteiger partial charge in [-0.25, -0.2) is 13.4 Å². The molecule has 0 saturated carbocycles. The van der Waals surface area contributed by atoms with E-state index in [1.54, 1.807) is 24.3 Å². The molecule has 0 bridgehead atoms. The fourth-order valence-electron chi connectivity index (χ4n) is 3.20. The van der Waals surface area contributed by atoms with Gasteiger partial charge in [0, 0.05) is 11.8 Å². The van der Waals surface area contributed by atoms with E-state index >= 15 is 0 Å². The molecule has 0 saturated heterocycles. The van der Waals surface area contributed by atoms with E-state index in [9.17, 15) is 21.6 Å². The van der Waals surface area contributed by atoms with Crippen LogP contribution in [0.5, 0.6) is 5.75 Å². The average Bonchev–Trinajstić information content (AvgIpc) is 3.31. The van der Waals surface area contributed by atoms with Gasteiger partial charge in [0.15, 0.2) is 16.4 Å². The van der Waals surface area contributed by atoms with Gasteiger partial charge >= 0.3 is 6.18 Å². The number of hydrogen-bond donors (Lipinski definition) is 0. The summed E-state index contributed by atoms with van der Waals surface area (Å²) in [4.78, 5) is 3.81. The Labute approximate surface area is 193 Å². The lowest BCUT2D eigenvalue weighted by Gasteiger charge is -2.14. The van der Waals surface area contributed by atoms with Crippen molar-refractivity contribution in [1.29, 1.82) is 0 Å². The number of sulfone groups is 1. The molecule has 0 aliphatic heterocycles. The summed E-state index contributed by atoms with van der Waals surface area (Å²) < 4.78 is 77.2. The van der Waals surface area contributed by atoms with Crippen molar-refractivity contribution in [2.45, 2.75) is 24.6 Å². The van der Waals surface area contributed by atoms with Crippen LogP contribution in [0, 0.1) is 0 Å². The first kappa shape index (κ1) is 23.4. The number of benzene rings is 2. The van der Waals surface area contributed by atoms with E-state index in [4.69, 9.17) is 9.15 Å². The quantitative estimate of drug-likeness (QED) is 0.353. The molecule has 7 nitrogen and oxygen atoms in total. The van der Waals surface area contributed by atoms with Crippen LogP contribution in [-0.2, 0) is 22.6 Å². The molecule has 0 amide bonds. The molecule has 2 aromatic heterocycles. The van der Waals surface area contributed by atoms with Gasteiger partial charge in [-0.05, 0) is 29.8 Å². The number of para-hydroxylation sites is 1. The third-order valence-electron chi connectivity index (χ3n) is 4.89. The normalized spacial score (nSPS) is 12.0. The zero-order valence-corrected chi connectivity index (χ0v) is 18.6. The molecule has 0 fully saturated rings. The van der Waals surface area contributed by atoms with Gasteiger partial charge in [0.1, 0.15) is 11.4 Å². The van der Waals surface area contributed by atoms with E-state index in [2.05, 4.69) is 15.2 Å². The fraction of sp³-hybridized carbons (Fsp3) is 0.174. The second-order valence-corrected chi connectivity index (χ2v) is 9.37. The molecule has 2 aromatic carbocycles. The predicted octanol–water partition coefficient (Wildman–Crippen LogP) is 5.19. The summed E-state index contributed by atoms with van der Waals surface area (Å²) in [5.74, 6) is 0.160. The zero-order chi connectivity index (χ0) is 24.3. The summed E-state index contributed by atoms with van der Waals surface area (Å²) >= 11 is 0. The van der Waals surface area contributed by atoms with Gasteiger partial charge in [-0.3, -0.25) is 0 Å². The number of ether oxygens (including phenoxy) is 1. The number of nitrogens with zero attached hydrogens (tertiary/aromatic N) is 3. The Bertz CT molecular complexity index is 1400. The van der Waals surface area contributed by atoms with Gasteiger partial charge in [0.05, 0.1) is 16.2 Å². The second-order valence-electron chi connectivity index (χ2n) is 7.12. The van der Waals surface area contributed by atoms with Crippen LogP contribution < -0.4 is 4.74 Å². The average molecular weight is 489 g/mol. The molecule has 0 N–H and O–H groups in total. The lowest BCUT2D eigenvalue weighted by atomic mass is 10.0. The van der Waals surface area contributed by atoms with E-state index in [0.717, 1.165) is 18.3 Å². The SMILES string of the molecule is CCS(=O)(=O)c1cc(-c2ccccc2C(F)(F)F)cnc1-c1nnc(COc2ccccc2)o1. The van der Waals surface area contributed by atoms with Gasteiger partial charge < -0.3 is 9.15 Å². The van der Waals surface area contributed by atoms with E-state index in [0.29, 0.717) is 5.75 Å². The predicted molar refractivity (Wildman–Crippen MR) is 116 cm³/mol. The van der Waals surface area contributed by atoms with Crippen molar-refractivity contribution in [1.82, 2.24) is 15.2 Å². The smallest absolute Gasteiger partial charge is 0.417 e. The summed E-state index contributed by atoms with van der Waals surface area (Å²) in [6.45, 7) is 1.35. The highest BCUT2D eigenvalue weighted by Crippen LogP contribution is 2.38. The van der Waals surface area contributed by atoms with Gasteiger partial charge in [-0.2, -0.15) is 13.2 Å². The highest BCUT2D eigenvalue weighted by atomic mass is 32.2. The fourth-order valence-corrected chi connectivity index (χ4v) is 4.25. The minimum absolute atomic E-state index is 0.00384. The molecule has 11 heteroatoms. The molecule has 34 heavy (non-hydrogen) atoms. The highest BCUT2D eigenvalue weighted by molar-refractivity contribution is 7.91. The molecular formula is C23H18F3N3O4S. The first-order valence-corrected chi connectivity index (χ1v) is 11.7. The van der Waals surface area contributed by atoms with Crippen molar-refractivity contribution >= 4 is 9.84 Å². The number of halogens is 3. The summed E-state index contributed by atoms with van der Waals surface area (Å²) in [6, 6.07) is 14.9. The summed E-state index contributed by atoms with van der Waals surface area (Å²) in [5, 5.41) is 7.72. The van der Waals surface area contributed by atoms with E-state index in [1.165, 1.54) is 25.1 Å². The maximum Gasteiger partial charge on any atom is 0.417 e. The van der Waals surface area contributed by atoms with Crippen molar-refractivity contribution in [3.8, 4) is 28.5 Å². The van der Waals surface area contributed by atoms with Crippen molar-refractivity contribution in [3.05, 3.63) is 78.3 Å². The molecule has 0 spiro atoms. The first-order valence-electron chi connectivity index (χ1n) is 10.1. The molecule has 2 heterocycles. The van der Waals surface area contributed by atoms with Crippen molar-refractivity contribution in [2.75, 3.05) is 5.75 Å². The van der Waals surface area contributed by atoms with Crippen LogP contribution in [0.4, 0.5) is 13.2 Å². The Hall–Kier alpha value is -3.73. The maximum atomic E-state index is 13.5. The number of pyridine rings is 1. The minimum atomic E-state index is -4.63. The Morgan fingerprint density at radius 1 is 1.00 bits per heavy atom. The second kappa shape index (κ2) is 9.26. The van der Waals surface area contributed by atoms with Gasteiger partial charge in [-0.15, -0.1) is 10.2 Å². The lowest BCUT2D eigenvalue weighted by molar-refractivity contribution is -0.137. The van der Waals surface area contributed by atoms with Gasteiger partial charge in [-0.1, -0.05) is 43.3 Å². The number of hydrogen-bond acceptors (Lipinski definition) is 7. The van der Waals surface area contributed by atoms with Crippen LogP contribution in [0.3, 0.4) is 0 Å². The molecule has 0 radical (unpaired) electrons. The van der Waals surface area contributed by atoms with E-state index in [1.807, 2.05) is 6.07 Å². The Morgan fingerprint density at radius 3 is 2.41 bits per heavy atom. The maximum absolute atomic E-state index is 13.5. The highest BCUT2D eigenvalue weighted by Gasteiger charge is 2.34. The summed E-state index contributed by atoms with van der Waals surface area (Å²) in [7, 11) is -3.90. The Balaban J connectivity index is 1.73. The van der Waals surface area contributed by atoms with Gasteiger partial charge in [0.25, 0.3) is 11.8 Å². The van der Waals surface area contributed by atoms with Gasteiger partial charge in [0.2, 0.25) is 0 Å². The third-order valence-corrected chi connectivity index (χ3v) is 6.63. The van der Waals surface area contributed by atoms with Crippen LogP contribution >= 0.6 is 0 Å². The first-order chi connectivity index (χ1) is 16.2. The van der Waals surface area contributed by atoms with Crippen molar-refractivity contribution < 1.29 is 30.7 Å². The van der Waals surface area contributed by atoms with E-state index in [-0.39, 0.29) is 45.9 Å². The molecular weight excluding hydrogens is 471 g/mol. The monoisotopic (exact) mass is 489 g/mol. The molecule has 4 rings (SSSR count). The number of aromatic nitrogens is 3. The van der Waals surface area contributed by atoms with Crippen molar-refractivity contribution in [2.24, 2.45) is 0 Å². The third kappa shape index (κ3) is 4.93. The molecule has 0 aliphatic rings. The van der Waals surface area contributed by atoms with Crippen LogP contribution in [0.15, 0.2) is 76.2 Å². The zero-order valence-electron chi connectivity index (χ0n) is 17.8. The van der Waals surface area contributed by atoms with Crippen molar-refractivity contribution in [3.63, 3.8) is 0 Å². The van der Waals surface area contributed by atoms with Crippen LogP contribution in [-0.4, -0.2) is 29.4 Å². The molecule has 176 valence electrons. The summed E-state index contributed by atoms with van der Waals surface area (Å²) in [6.07, 6.45) is -3.47. The topological polar surface area (TPSA) is 95.2 Å². The number of alkyl halides is 3. The lowest BCUT2D eigenvalue weighted by Crippen LogP contribution is -2.09. The largest absolute Gasteiger partial charge is 0.484 e. The van der Waals surface area contributed by atoms with E-state index < -0.39 is 21.6 Å². The molecule has 0 atom stereocenters. The molecule has 4 aromatic rings. The Kier molecular flexibility index (Phi) is 6.38. The van der Waals surface area contributed by atoms with Crippen LogP contribution in [0.25, 0.3) is 22.7 Å². The van der Waals surface area contributed by atoms with Crippen LogP contribution in [0.1, 0.15) is 18.4 Å².